The summed E-state index contributed by atoms with van der Waals surface area (Å²) in [6.07, 6.45) is -16.5. The summed E-state index contributed by atoms with van der Waals surface area (Å²) in [5.74, 6) is 0.364. The van der Waals surface area contributed by atoms with E-state index in [1.807, 2.05) is 13.8 Å². The third-order valence-corrected chi connectivity index (χ3v) is 8.44. The van der Waals surface area contributed by atoms with E-state index in [2.05, 4.69) is 15.3 Å². The van der Waals surface area contributed by atoms with E-state index in [1.165, 1.54) is 33.9 Å². The number of amides is 1. The van der Waals surface area contributed by atoms with Crippen LogP contribution >= 0.6 is 0 Å². The Morgan fingerprint density at radius 2 is 1.34 bits per heavy atom. The first-order valence-electron chi connectivity index (χ1n) is 15.0. The molecule has 0 saturated carbocycles. The molecule has 0 unspecified atom stereocenters. The number of alkyl carbamates (subject to hydrolysis) is 1. The van der Waals surface area contributed by atoms with Crippen LogP contribution in [0.1, 0.15) is 86.9 Å². The van der Waals surface area contributed by atoms with Gasteiger partial charge < -0.3 is 14.8 Å². The third kappa shape index (κ3) is 8.95. The van der Waals surface area contributed by atoms with Crippen LogP contribution in [-0.2, 0) is 29.8 Å². The monoisotopic (exact) mass is 718 g/mol. The van der Waals surface area contributed by atoms with Gasteiger partial charge in [0.2, 0.25) is 0 Å². The first-order chi connectivity index (χ1) is 22.8. The van der Waals surface area contributed by atoms with Crippen LogP contribution in [0.25, 0.3) is 21.6 Å². The second-order valence-corrected chi connectivity index (χ2v) is 13.0. The number of carbonyl (C=O) groups is 1. The Kier molecular flexibility index (Phi) is 11.4. The summed E-state index contributed by atoms with van der Waals surface area (Å²) in [6, 6.07) is 6.79. The van der Waals surface area contributed by atoms with E-state index in [-0.39, 0.29) is 23.1 Å². The maximum atomic E-state index is 13.8. The van der Waals surface area contributed by atoms with Gasteiger partial charge in [0.1, 0.15) is 17.4 Å². The predicted octanol–water partition coefficient (Wildman–Crippen LogP) is 11.6. The van der Waals surface area contributed by atoms with Gasteiger partial charge in [0, 0.05) is 22.4 Å². The lowest BCUT2D eigenvalue weighted by molar-refractivity contribution is -0.143. The number of ether oxygens (including phenoxy) is 2. The number of azide groups is 1. The Morgan fingerprint density at radius 1 is 0.780 bits per heavy atom. The summed E-state index contributed by atoms with van der Waals surface area (Å²) in [5, 5.41) is 5.83. The van der Waals surface area contributed by atoms with E-state index in [9.17, 15) is 49.8 Å². The first-order valence-corrected chi connectivity index (χ1v) is 15.0. The summed E-state index contributed by atoms with van der Waals surface area (Å²) >= 11 is 0. The molecule has 1 amide bonds. The number of nitrogens with one attached hydrogen (secondary N) is 1. The molecule has 0 aromatic heterocycles. The summed E-state index contributed by atoms with van der Waals surface area (Å²) in [4.78, 5) is 16.0. The molecule has 7 nitrogen and oxygen atoms in total. The fraction of sp³-hybridized carbons (Fsp3) is 0.441. The molecular formula is C34H35F9N4O3. The van der Waals surface area contributed by atoms with Gasteiger partial charge in [-0.05, 0) is 83.1 Å². The molecule has 0 aliphatic heterocycles. The van der Waals surface area contributed by atoms with Crippen LogP contribution in [0, 0.1) is 5.41 Å². The number of carbonyl (C=O) groups excluding carboxylic acids is 1. The number of methoxy groups -OCH3 is 1. The molecule has 3 aromatic carbocycles. The molecule has 0 fully saturated rings. The minimum absolute atomic E-state index is 0.0206. The van der Waals surface area contributed by atoms with Crippen molar-refractivity contribution in [1.82, 2.24) is 5.32 Å². The SMILES string of the molecule is COc1ccc(C(C)C)cc1-c1ccc(C(F)(F)F)cc1CNC(=O)O[C@](C)([C@H](N=[N+]=[N-])c1cc(C(F)(F)F)cc(C(F)(F)F)c1)C(C)(C)C. The Morgan fingerprint density at radius 3 is 1.80 bits per heavy atom. The minimum atomic E-state index is -5.23. The molecule has 0 aliphatic carbocycles. The van der Waals surface area contributed by atoms with Crippen LogP contribution in [0.2, 0.25) is 0 Å². The Labute approximate surface area is 282 Å². The summed E-state index contributed by atoms with van der Waals surface area (Å²) in [5.41, 5.74) is 2.28. The van der Waals surface area contributed by atoms with Gasteiger partial charge in [0.15, 0.2) is 0 Å². The minimum Gasteiger partial charge on any atom is -0.496 e. The second-order valence-electron chi connectivity index (χ2n) is 13.0. The summed E-state index contributed by atoms with van der Waals surface area (Å²) in [6.45, 7) is 8.75. The van der Waals surface area contributed by atoms with Gasteiger partial charge in [-0.1, -0.05) is 51.9 Å². The number of alkyl halides is 9. The second kappa shape index (κ2) is 14.3. The van der Waals surface area contributed by atoms with Gasteiger partial charge in [-0.15, -0.1) is 0 Å². The van der Waals surface area contributed by atoms with Crippen LogP contribution in [-0.4, -0.2) is 18.8 Å². The largest absolute Gasteiger partial charge is 0.496 e. The topological polar surface area (TPSA) is 96.3 Å². The average Bonchev–Trinajstić information content (AvgIpc) is 3.00. The van der Waals surface area contributed by atoms with Crippen molar-refractivity contribution in [3.05, 3.63) is 98.4 Å². The number of hydrogen-bond donors (Lipinski definition) is 1. The zero-order valence-corrected chi connectivity index (χ0v) is 28.0. The molecular weight excluding hydrogens is 683 g/mol. The van der Waals surface area contributed by atoms with Gasteiger partial charge in [-0.2, -0.15) is 39.5 Å². The Hall–Kier alpha value is -4.59. The van der Waals surface area contributed by atoms with E-state index >= 15 is 0 Å². The molecule has 0 aliphatic rings. The van der Waals surface area contributed by atoms with Gasteiger partial charge in [-0.3, -0.25) is 0 Å². The molecule has 0 heterocycles. The molecule has 0 saturated heterocycles. The van der Waals surface area contributed by atoms with Crippen LogP contribution in [0.3, 0.4) is 0 Å². The molecule has 3 aromatic rings. The number of hydrogen-bond acceptors (Lipinski definition) is 4. The highest BCUT2D eigenvalue weighted by Crippen LogP contribution is 2.48. The lowest BCUT2D eigenvalue weighted by Crippen LogP contribution is -2.50. The molecule has 2 atom stereocenters. The van der Waals surface area contributed by atoms with E-state index in [0.717, 1.165) is 24.6 Å². The fourth-order valence-corrected chi connectivity index (χ4v) is 5.17. The molecule has 272 valence electrons. The van der Waals surface area contributed by atoms with Crippen LogP contribution in [0.15, 0.2) is 59.7 Å². The highest BCUT2D eigenvalue weighted by atomic mass is 19.4. The maximum absolute atomic E-state index is 13.8. The molecule has 0 bridgehead atoms. The van der Waals surface area contributed by atoms with E-state index in [4.69, 9.17) is 9.47 Å². The normalized spacial score (nSPS) is 14.4. The highest BCUT2D eigenvalue weighted by Gasteiger charge is 2.49. The molecule has 16 heteroatoms. The zero-order valence-electron chi connectivity index (χ0n) is 28.0. The van der Waals surface area contributed by atoms with Crippen molar-refractivity contribution in [1.29, 1.82) is 0 Å². The molecule has 0 spiro atoms. The van der Waals surface area contributed by atoms with Crippen molar-refractivity contribution >= 4 is 6.09 Å². The summed E-state index contributed by atoms with van der Waals surface area (Å²) in [7, 11) is 1.38. The van der Waals surface area contributed by atoms with Crippen molar-refractivity contribution in [2.45, 2.75) is 84.2 Å². The molecule has 3 rings (SSSR count). The van der Waals surface area contributed by atoms with Crippen LogP contribution < -0.4 is 10.1 Å². The quantitative estimate of drug-likeness (QED) is 0.103. The highest BCUT2D eigenvalue weighted by molar-refractivity contribution is 5.76. The average molecular weight is 719 g/mol. The van der Waals surface area contributed by atoms with Crippen molar-refractivity contribution in [3.63, 3.8) is 0 Å². The van der Waals surface area contributed by atoms with Crippen molar-refractivity contribution < 1.29 is 53.8 Å². The smallest absolute Gasteiger partial charge is 0.416 e. The lowest BCUT2D eigenvalue weighted by atomic mass is 9.71. The van der Waals surface area contributed by atoms with Crippen molar-refractivity contribution in [2.75, 3.05) is 7.11 Å². The molecule has 50 heavy (non-hydrogen) atoms. The van der Waals surface area contributed by atoms with Crippen molar-refractivity contribution in [2.24, 2.45) is 10.5 Å². The standard InChI is InChI=1S/C34H35F9N4O3/c1-18(2)19-8-11-27(49-7)26(15-19)25-10-9-22(32(35,36)37)14-21(25)17-45-29(48)50-31(6,30(3,4)5)28(46-47-44)20-12-23(33(38,39)40)16-24(13-20)34(41,42)43/h8-16,18,28H,17H2,1-7H3,(H,45,48)/t28-,31-/m1/s1. The number of nitrogens with zero attached hydrogens (tertiary/aromatic N) is 3. The summed E-state index contributed by atoms with van der Waals surface area (Å²) < 4.78 is 135. The lowest BCUT2D eigenvalue weighted by Gasteiger charge is -2.45. The first kappa shape index (κ1) is 39.8. The van der Waals surface area contributed by atoms with Crippen LogP contribution in [0.5, 0.6) is 5.75 Å². The van der Waals surface area contributed by atoms with Gasteiger partial charge in [0.05, 0.1) is 23.8 Å². The van der Waals surface area contributed by atoms with Crippen LogP contribution in [0.4, 0.5) is 44.3 Å². The number of halogens is 9. The van der Waals surface area contributed by atoms with E-state index < -0.39 is 70.5 Å². The Balaban J connectivity index is 2.11. The molecule has 1 N–H and O–H groups in total. The zero-order chi connectivity index (χ0) is 38.0. The van der Waals surface area contributed by atoms with Gasteiger partial charge in [0.25, 0.3) is 0 Å². The maximum Gasteiger partial charge on any atom is 0.416 e. The number of rotatable bonds is 9. The van der Waals surface area contributed by atoms with E-state index in [0.29, 0.717) is 23.4 Å². The van der Waals surface area contributed by atoms with Gasteiger partial charge >= 0.3 is 24.6 Å². The molecule has 0 radical (unpaired) electrons. The third-order valence-electron chi connectivity index (χ3n) is 8.44. The number of benzene rings is 3. The van der Waals surface area contributed by atoms with E-state index in [1.54, 1.807) is 18.2 Å². The fourth-order valence-electron chi connectivity index (χ4n) is 5.17. The van der Waals surface area contributed by atoms with Crippen molar-refractivity contribution in [3.8, 4) is 16.9 Å². The Bertz CT molecular complexity index is 1720. The van der Waals surface area contributed by atoms with Gasteiger partial charge in [-0.25, -0.2) is 4.79 Å². The predicted molar refractivity (Wildman–Crippen MR) is 167 cm³/mol.